The summed E-state index contributed by atoms with van der Waals surface area (Å²) in [6.45, 7) is 2.87. The fourth-order valence-electron chi connectivity index (χ4n) is 2.44. The molecule has 0 saturated heterocycles. The summed E-state index contributed by atoms with van der Waals surface area (Å²) in [5, 5.41) is 8.13. The number of aryl methyl sites for hydroxylation is 1. The molecule has 5 nitrogen and oxygen atoms in total. The molecule has 1 heterocycles. The Morgan fingerprint density at radius 3 is 2.67 bits per heavy atom. The number of nitrogens with one attached hydrogen (secondary N) is 1. The van der Waals surface area contributed by atoms with E-state index in [4.69, 9.17) is 21.1 Å². The van der Waals surface area contributed by atoms with Gasteiger partial charge in [0, 0.05) is 12.7 Å². The summed E-state index contributed by atoms with van der Waals surface area (Å²) in [7, 11) is 5.08. The minimum Gasteiger partial charge on any atom is -0.493 e. The molecule has 0 saturated carbocycles. The number of ether oxygens (including phenoxy) is 2. The SMILES string of the molecule is CCn1nccc1C(NC)c1cc(Cl)c(OC)c(OC)c1. The maximum atomic E-state index is 6.29. The first-order valence-electron chi connectivity index (χ1n) is 6.76. The molecule has 2 rings (SSSR count). The molecule has 1 N–H and O–H groups in total. The summed E-state index contributed by atoms with van der Waals surface area (Å²) in [6.07, 6.45) is 1.80. The first kappa shape index (κ1) is 15.7. The number of methoxy groups -OCH3 is 2. The van der Waals surface area contributed by atoms with E-state index in [0.717, 1.165) is 17.8 Å². The molecule has 1 aromatic heterocycles. The van der Waals surface area contributed by atoms with Gasteiger partial charge in [0.05, 0.1) is 31.0 Å². The number of halogens is 1. The largest absolute Gasteiger partial charge is 0.493 e. The zero-order valence-corrected chi connectivity index (χ0v) is 13.4. The van der Waals surface area contributed by atoms with Gasteiger partial charge in [0.1, 0.15) is 0 Å². The van der Waals surface area contributed by atoms with Crippen molar-refractivity contribution >= 4 is 11.6 Å². The van der Waals surface area contributed by atoms with Crippen LogP contribution in [0.25, 0.3) is 0 Å². The second-order valence-electron chi connectivity index (χ2n) is 4.53. The number of hydrogen-bond donors (Lipinski definition) is 1. The van der Waals surface area contributed by atoms with Gasteiger partial charge in [0.25, 0.3) is 0 Å². The lowest BCUT2D eigenvalue weighted by Crippen LogP contribution is -2.21. The zero-order chi connectivity index (χ0) is 15.4. The maximum Gasteiger partial charge on any atom is 0.179 e. The van der Waals surface area contributed by atoms with Crippen LogP contribution in [0.2, 0.25) is 5.02 Å². The molecule has 0 aliphatic heterocycles. The number of nitrogens with zero attached hydrogens (tertiary/aromatic N) is 2. The zero-order valence-electron chi connectivity index (χ0n) is 12.7. The molecule has 0 bridgehead atoms. The normalized spacial score (nSPS) is 12.2. The molecule has 0 amide bonds. The van der Waals surface area contributed by atoms with Crippen LogP contribution in [0.1, 0.15) is 24.2 Å². The molecule has 1 atom stereocenters. The van der Waals surface area contributed by atoms with Crippen LogP contribution in [0.3, 0.4) is 0 Å². The third-order valence-electron chi connectivity index (χ3n) is 3.42. The summed E-state index contributed by atoms with van der Waals surface area (Å²) in [6, 6.07) is 5.79. The minimum absolute atomic E-state index is 0.0234. The summed E-state index contributed by atoms with van der Waals surface area (Å²) in [5.74, 6) is 1.16. The Bertz CT molecular complexity index is 613. The topological polar surface area (TPSA) is 48.3 Å². The van der Waals surface area contributed by atoms with Crippen molar-refractivity contribution in [3.05, 3.63) is 40.7 Å². The molecule has 1 unspecified atom stereocenters. The minimum atomic E-state index is -0.0234. The third-order valence-corrected chi connectivity index (χ3v) is 3.70. The summed E-state index contributed by atoms with van der Waals surface area (Å²) >= 11 is 6.29. The van der Waals surface area contributed by atoms with Crippen LogP contribution >= 0.6 is 11.6 Å². The number of rotatable bonds is 6. The highest BCUT2D eigenvalue weighted by atomic mass is 35.5. The van der Waals surface area contributed by atoms with Crippen molar-refractivity contribution < 1.29 is 9.47 Å². The van der Waals surface area contributed by atoms with Crippen molar-refractivity contribution in [2.45, 2.75) is 19.5 Å². The fourth-order valence-corrected chi connectivity index (χ4v) is 2.74. The number of hydrogen-bond acceptors (Lipinski definition) is 4. The Kier molecular flexibility index (Phi) is 5.09. The first-order valence-corrected chi connectivity index (χ1v) is 7.14. The highest BCUT2D eigenvalue weighted by Gasteiger charge is 2.20. The van der Waals surface area contributed by atoms with Crippen molar-refractivity contribution in [2.75, 3.05) is 21.3 Å². The third kappa shape index (κ3) is 2.99. The first-order chi connectivity index (χ1) is 10.2. The average molecular weight is 310 g/mol. The Morgan fingerprint density at radius 2 is 2.10 bits per heavy atom. The van der Waals surface area contributed by atoms with E-state index in [1.54, 1.807) is 20.4 Å². The lowest BCUT2D eigenvalue weighted by atomic mass is 10.0. The van der Waals surface area contributed by atoms with Crippen LogP contribution in [0.15, 0.2) is 24.4 Å². The number of aromatic nitrogens is 2. The monoisotopic (exact) mass is 309 g/mol. The molecule has 0 aliphatic rings. The van der Waals surface area contributed by atoms with Crippen molar-refractivity contribution in [3.8, 4) is 11.5 Å². The molecule has 0 fully saturated rings. The highest BCUT2D eigenvalue weighted by Crippen LogP contribution is 2.38. The van der Waals surface area contributed by atoms with Gasteiger partial charge >= 0.3 is 0 Å². The smallest absolute Gasteiger partial charge is 0.179 e. The van der Waals surface area contributed by atoms with E-state index < -0.39 is 0 Å². The van der Waals surface area contributed by atoms with Gasteiger partial charge in [-0.15, -0.1) is 0 Å². The van der Waals surface area contributed by atoms with Crippen LogP contribution in [0.5, 0.6) is 11.5 Å². The van der Waals surface area contributed by atoms with Crippen molar-refractivity contribution in [1.82, 2.24) is 15.1 Å². The van der Waals surface area contributed by atoms with E-state index >= 15 is 0 Å². The van der Waals surface area contributed by atoms with Gasteiger partial charge in [-0.1, -0.05) is 11.6 Å². The highest BCUT2D eigenvalue weighted by molar-refractivity contribution is 6.32. The predicted octanol–water partition coefficient (Wildman–Crippen LogP) is 2.88. The Morgan fingerprint density at radius 1 is 1.33 bits per heavy atom. The van der Waals surface area contributed by atoms with E-state index in [9.17, 15) is 0 Å². The molecule has 0 spiro atoms. The van der Waals surface area contributed by atoms with Crippen molar-refractivity contribution in [1.29, 1.82) is 0 Å². The van der Waals surface area contributed by atoms with Gasteiger partial charge < -0.3 is 14.8 Å². The van der Waals surface area contributed by atoms with Crippen molar-refractivity contribution in [3.63, 3.8) is 0 Å². The molecule has 0 aliphatic carbocycles. The summed E-state index contributed by atoms with van der Waals surface area (Å²) < 4.78 is 12.6. The van der Waals surface area contributed by atoms with Crippen LogP contribution < -0.4 is 14.8 Å². The van der Waals surface area contributed by atoms with Gasteiger partial charge in [-0.05, 0) is 37.7 Å². The Balaban J connectivity index is 2.50. The molecule has 0 radical (unpaired) electrons. The standard InChI is InChI=1S/C15H20ClN3O2/c1-5-19-12(6-7-18-19)14(17-2)10-8-11(16)15(21-4)13(9-10)20-3/h6-9,14,17H,5H2,1-4H3. The number of benzene rings is 1. The van der Waals surface area contributed by atoms with Gasteiger partial charge in [-0.3, -0.25) is 4.68 Å². The summed E-state index contributed by atoms with van der Waals surface area (Å²) in [4.78, 5) is 0. The van der Waals surface area contributed by atoms with Gasteiger partial charge in [0.2, 0.25) is 0 Å². The van der Waals surface area contributed by atoms with Gasteiger partial charge in [0.15, 0.2) is 11.5 Å². The average Bonchev–Trinajstić information content (AvgIpc) is 2.95. The molecular formula is C15H20ClN3O2. The van der Waals surface area contributed by atoms with E-state index in [1.165, 1.54) is 0 Å². The molecule has 21 heavy (non-hydrogen) atoms. The Hall–Kier alpha value is -1.72. The van der Waals surface area contributed by atoms with Crippen LogP contribution in [0, 0.1) is 0 Å². The van der Waals surface area contributed by atoms with Crippen molar-refractivity contribution in [2.24, 2.45) is 0 Å². The summed E-state index contributed by atoms with van der Waals surface area (Å²) in [5.41, 5.74) is 2.07. The molecule has 6 heteroatoms. The van der Waals surface area contributed by atoms with Crippen LogP contribution in [-0.2, 0) is 6.54 Å². The van der Waals surface area contributed by atoms with Gasteiger partial charge in [-0.25, -0.2) is 0 Å². The van der Waals surface area contributed by atoms with Crippen LogP contribution in [0.4, 0.5) is 0 Å². The van der Waals surface area contributed by atoms with Gasteiger partial charge in [-0.2, -0.15) is 5.10 Å². The fraction of sp³-hybridized carbons (Fsp3) is 0.400. The molecule has 114 valence electrons. The van der Waals surface area contributed by atoms with E-state index in [0.29, 0.717) is 16.5 Å². The van der Waals surface area contributed by atoms with E-state index in [1.807, 2.05) is 29.9 Å². The van der Waals surface area contributed by atoms with Crippen LogP contribution in [-0.4, -0.2) is 31.0 Å². The molecule has 1 aromatic carbocycles. The molecule has 2 aromatic rings. The molecular weight excluding hydrogens is 290 g/mol. The van der Waals surface area contributed by atoms with E-state index in [-0.39, 0.29) is 6.04 Å². The van der Waals surface area contributed by atoms with E-state index in [2.05, 4.69) is 17.3 Å². The lowest BCUT2D eigenvalue weighted by molar-refractivity contribution is 0.354. The second-order valence-corrected chi connectivity index (χ2v) is 4.94. The predicted molar refractivity (Wildman–Crippen MR) is 83.4 cm³/mol. The Labute approximate surface area is 129 Å². The lowest BCUT2D eigenvalue weighted by Gasteiger charge is -2.20. The second kappa shape index (κ2) is 6.83. The maximum absolute atomic E-state index is 6.29. The quantitative estimate of drug-likeness (QED) is 0.891.